The Labute approximate surface area is 160 Å². The van der Waals surface area contributed by atoms with Crippen LogP contribution in [0.4, 0.5) is 0 Å². The highest BCUT2D eigenvalue weighted by Crippen LogP contribution is 2.29. The lowest BCUT2D eigenvalue weighted by molar-refractivity contribution is -0.139. The predicted molar refractivity (Wildman–Crippen MR) is 102 cm³/mol. The summed E-state index contributed by atoms with van der Waals surface area (Å²) in [6.07, 6.45) is 1.51. The molecule has 1 unspecified atom stereocenters. The maximum atomic E-state index is 12.9. The Morgan fingerprint density at radius 3 is 2.72 bits per heavy atom. The van der Waals surface area contributed by atoms with Crippen molar-refractivity contribution in [3.05, 3.63) is 17.0 Å². The van der Waals surface area contributed by atoms with Gasteiger partial charge in [0.1, 0.15) is 4.21 Å². The molecule has 0 aliphatic carbocycles. The second-order valence-electron chi connectivity index (χ2n) is 6.65. The molecular weight excluding hydrogens is 382 g/mol. The van der Waals surface area contributed by atoms with Gasteiger partial charge in [-0.2, -0.15) is 4.31 Å². The molecule has 2 fully saturated rings. The fourth-order valence-electron chi connectivity index (χ4n) is 3.44. The molecule has 1 amide bonds. The zero-order valence-corrected chi connectivity index (χ0v) is 17.1. The van der Waals surface area contributed by atoms with Crippen LogP contribution in [0.3, 0.4) is 0 Å². The van der Waals surface area contributed by atoms with Crippen LogP contribution in [0.15, 0.2) is 16.3 Å². The third kappa shape index (κ3) is 4.36. The van der Waals surface area contributed by atoms with Gasteiger partial charge >= 0.3 is 0 Å². The number of nitrogens with zero attached hydrogens (tertiary/aromatic N) is 2. The van der Waals surface area contributed by atoms with Gasteiger partial charge in [-0.15, -0.1) is 23.7 Å². The summed E-state index contributed by atoms with van der Waals surface area (Å²) in [6, 6.07) is 3.66. The number of rotatable bonds is 3. The number of carbonyl (C=O) groups is 1. The maximum Gasteiger partial charge on any atom is 0.252 e. The van der Waals surface area contributed by atoms with Crippen LogP contribution < -0.4 is 5.32 Å². The number of piperidine rings is 1. The molecule has 2 atom stereocenters. The molecule has 2 aliphatic rings. The molecule has 2 saturated heterocycles. The van der Waals surface area contributed by atoms with Gasteiger partial charge in [0.2, 0.25) is 5.91 Å². The first-order valence-corrected chi connectivity index (χ1v) is 10.7. The van der Waals surface area contributed by atoms with Gasteiger partial charge in [0.25, 0.3) is 10.0 Å². The highest BCUT2D eigenvalue weighted by molar-refractivity contribution is 7.91. The molecule has 3 rings (SSSR count). The van der Waals surface area contributed by atoms with Gasteiger partial charge in [-0.25, -0.2) is 8.42 Å². The van der Waals surface area contributed by atoms with Crippen LogP contribution in [0, 0.1) is 12.8 Å². The van der Waals surface area contributed by atoms with E-state index in [0.717, 1.165) is 30.8 Å². The predicted octanol–water partition coefficient (Wildman–Crippen LogP) is 1.70. The highest BCUT2D eigenvalue weighted by Gasteiger charge is 2.37. The van der Waals surface area contributed by atoms with Gasteiger partial charge in [-0.1, -0.05) is 0 Å². The van der Waals surface area contributed by atoms with E-state index < -0.39 is 10.0 Å². The Hall–Kier alpha value is -0.670. The Morgan fingerprint density at radius 1 is 1.32 bits per heavy atom. The molecule has 3 heterocycles. The lowest BCUT2D eigenvalue weighted by Gasteiger charge is -2.39. The summed E-state index contributed by atoms with van der Waals surface area (Å²) in [5.41, 5.74) is 0. The molecule has 0 aromatic carbocycles. The Morgan fingerprint density at radius 2 is 2.08 bits per heavy atom. The number of hydrogen-bond acceptors (Lipinski definition) is 5. The summed E-state index contributed by atoms with van der Waals surface area (Å²) in [5.74, 6) is -0.124. The van der Waals surface area contributed by atoms with E-state index in [2.05, 4.69) is 5.32 Å². The molecule has 1 aromatic heterocycles. The molecule has 0 spiro atoms. The van der Waals surface area contributed by atoms with Crippen LogP contribution in [0.5, 0.6) is 0 Å². The third-order valence-corrected chi connectivity index (χ3v) is 8.16. The Balaban J connectivity index is 0.00000225. The van der Waals surface area contributed by atoms with Crippen molar-refractivity contribution in [3.63, 3.8) is 0 Å². The lowest BCUT2D eigenvalue weighted by Crippen LogP contribution is -2.55. The van der Waals surface area contributed by atoms with Crippen LogP contribution in [-0.4, -0.2) is 62.3 Å². The van der Waals surface area contributed by atoms with Crippen molar-refractivity contribution in [3.8, 4) is 0 Å². The third-order valence-electron chi connectivity index (χ3n) is 4.83. The molecule has 0 saturated carbocycles. The first kappa shape index (κ1) is 20.6. The normalized spacial score (nSPS) is 25.4. The van der Waals surface area contributed by atoms with E-state index in [1.165, 1.54) is 15.6 Å². The van der Waals surface area contributed by atoms with Crippen LogP contribution in [-0.2, 0) is 14.8 Å². The molecule has 1 N–H and O–H groups in total. The molecule has 0 radical (unpaired) electrons. The Bertz CT molecular complexity index is 707. The first-order chi connectivity index (χ1) is 11.4. The van der Waals surface area contributed by atoms with Crippen LogP contribution >= 0.6 is 23.7 Å². The number of sulfonamides is 1. The molecule has 2 aliphatic heterocycles. The number of aryl methyl sites for hydroxylation is 1. The number of nitrogens with one attached hydrogen (secondary N) is 1. The van der Waals surface area contributed by atoms with Gasteiger partial charge in [0, 0.05) is 43.6 Å². The van der Waals surface area contributed by atoms with Crippen LogP contribution in [0.2, 0.25) is 0 Å². The van der Waals surface area contributed by atoms with E-state index >= 15 is 0 Å². The van der Waals surface area contributed by atoms with Crippen molar-refractivity contribution in [2.24, 2.45) is 5.92 Å². The number of piperazine rings is 1. The van der Waals surface area contributed by atoms with Gasteiger partial charge in [-0.3, -0.25) is 4.79 Å². The summed E-state index contributed by atoms with van der Waals surface area (Å²) < 4.78 is 27.5. The van der Waals surface area contributed by atoms with E-state index in [4.69, 9.17) is 0 Å². The summed E-state index contributed by atoms with van der Waals surface area (Å²) in [5, 5.41) is 3.28. The number of thiophene rings is 1. The largest absolute Gasteiger partial charge is 0.337 e. The number of hydrogen-bond donors (Lipinski definition) is 1. The van der Waals surface area contributed by atoms with E-state index in [1.54, 1.807) is 6.07 Å². The standard InChI is InChI=1S/C16H25N3O3S2.ClH/c1-12-10-17-7-9-19(12)16(20)14-4-3-8-18(11-14)24(21,22)15-6-5-13(2)23-15;/h5-6,12,14,17H,3-4,7-11H2,1-2H3;1H/t12-,14?;/m0./s1. The van der Waals surface area contributed by atoms with E-state index in [9.17, 15) is 13.2 Å². The maximum absolute atomic E-state index is 12.9. The van der Waals surface area contributed by atoms with E-state index in [1.807, 2.05) is 24.8 Å². The van der Waals surface area contributed by atoms with Gasteiger partial charge in [-0.05, 0) is 38.8 Å². The summed E-state index contributed by atoms with van der Waals surface area (Å²) >= 11 is 1.29. The van der Waals surface area contributed by atoms with Crippen molar-refractivity contribution < 1.29 is 13.2 Å². The topological polar surface area (TPSA) is 69.7 Å². The molecule has 142 valence electrons. The number of halogens is 1. The molecule has 9 heteroatoms. The minimum Gasteiger partial charge on any atom is -0.337 e. The molecule has 0 bridgehead atoms. The summed E-state index contributed by atoms with van der Waals surface area (Å²) in [4.78, 5) is 15.7. The van der Waals surface area contributed by atoms with Gasteiger partial charge in [0.15, 0.2) is 0 Å². The number of carbonyl (C=O) groups excluding carboxylic acids is 1. The number of amides is 1. The average Bonchev–Trinajstić information content (AvgIpc) is 3.02. The quantitative estimate of drug-likeness (QED) is 0.827. The van der Waals surface area contributed by atoms with Gasteiger partial charge < -0.3 is 10.2 Å². The van der Waals surface area contributed by atoms with Crippen molar-refractivity contribution in [1.29, 1.82) is 0 Å². The average molecular weight is 408 g/mol. The Kier molecular flexibility index (Phi) is 6.89. The fraction of sp³-hybridized carbons (Fsp3) is 0.688. The van der Waals surface area contributed by atoms with E-state index in [0.29, 0.717) is 23.8 Å². The second-order valence-corrected chi connectivity index (χ2v) is 10.1. The smallest absolute Gasteiger partial charge is 0.252 e. The van der Waals surface area contributed by atoms with Crippen molar-refractivity contribution in [2.45, 2.75) is 36.9 Å². The fourth-order valence-corrected chi connectivity index (χ4v) is 6.40. The molecule has 6 nitrogen and oxygen atoms in total. The van der Waals surface area contributed by atoms with Crippen molar-refractivity contribution in [1.82, 2.24) is 14.5 Å². The zero-order valence-electron chi connectivity index (χ0n) is 14.6. The van der Waals surface area contributed by atoms with Gasteiger partial charge in [0.05, 0.1) is 5.92 Å². The lowest BCUT2D eigenvalue weighted by atomic mass is 9.97. The minimum absolute atomic E-state index is 0. The monoisotopic (exact) mass is 407 g/mol. The summed E-state index contributed by atoms with van der Waals surface area (Å²) in [6.45, 7) is 7.05. The summed E-state index contributed by atoms with van der Waals surface area (Å²) in [7, 11) is -3.48. The first-order valence-electron chi connectivity index (χ1n) is 8.47. The van der Waals surface area contributed by atoms with Crippen molar-refractivity contribution in [2.75, 3.05) is 32.7 Å². The zero-order chi connectivity index (χ0) is 17.3. The molecule has 1 aromatic rings. The van der Waals surface area contributed by atoms with Crippen LogP contribution in [0.1, 0.15) is 24.6 Å². The molecule has 25 heavy (non-hydrogen) atoms. The highest BCUT2D eigenvalue weighted by atomic mass is 35.5. The second kappa shape index (κ2) is 8.35. The molecular formula is C16H26ClN3O3S2. The SMILES string of the molecule is Cc1ccc(S(=O)(=O)N2CCCC(C(=O)N3CCNC[C@@H]3C)C2)s1.Cl. The minimum atomic E-state index is -3.48. The van der Waals surface area contributed by atoms with Crippen molar-refractivity contribution >= 4 is 39.7 Å². The van der Waals surface area contributed by atoms with Crippen LogP contribution in [0.25, 0.3) is 0 Å². The van der Waals surface area contributed by atoms with E-state index in [-0.39, 0.29) is 30.3 Å².